The van der Waals surface area contributed by atoms with Crippen LogP contribution in [0.25, 0.3) is 0 Å². The highest BCUT2D eigenvalue weighted by atomic mass is 16.5. The van der Waals surface area contributed by atoms with E-state index >= 15 is 0 Å². The molecule has 0 radical (unpaired) electrons. The Morgan fingerprint density at radius 3 is 3.00 bits per heavy atom. The van der Waals surface area contributed by atoms with Crippen LogP contribution in [0.2, 0.25) is 0 Å². The second-order valence-electron chi connectivity index (χ2n) is 2.54. The second-order valence-corrected chi connectivity index (χ2v) is 2.54. The maximum absolute atomic E-state index is 8.87. The summed E-state index contributed by atoms with van der Waals surface area (Å²) in [7, 11) is 0. The van der Waals surface area contributed by atoms with Crippen molar-refractivity contribution < 1.29 is 9.84 Å². The summed E-state index contributed by atoms with van der Waals surface area (Å²) in [6, 6.07) is 0.235. The van der Waals surface area contributed by atoms with Crippen molar-refractivity contribution in [3.05, 3.63) is 0 Å². The molecule has 3 heteroatoms. The molecule has 1 aliphatic heterocycles. The van der Waals surface area contributed by atoms with E-state index < -0.39 is 0 Å². The topological polar surface area (TPSA) is 32.7 Å². The van der Waals surface area contributed by atoms with E-state index in [1.165, 1.54) is 0 Å². The average Bonchev–Trinajstić information content (AvgIpc) is 2.04. The summed E-state index contributed by atoms with van der Waals surface area (Å²) in [6.45, 7) is 5.78. The molecule has 0 aromatic carbocycles. The van der Waals surface area contributed by atoms with E-state index in [1.807, 2.05) is 0 Å². The van der Waals surface area contributed by atoms with Gasteiger partial charge in [0.1, 0.15) is 0 Å². The highest BCUT2D eigenvalue weighted by Crippen LogP contribution is 2.04. The molecular weight excluding hydrogens is 130 g/mol. The fraction of sp³-hybridized carbons (Fsp3) is 1.00. The van der Waals surface area contributed by atoms with Gasteiger partial charge in [0, 0.05) is 6.54 Å². The highest BCUT2D eigenvalue weighted by molar-refractivity contribution is 4.72. The van der Waals surface area contributed by atoms with Gasteiger partial charge in [0.25, 0.3) is 0 Å². The molecule has 1 N–H and O–H groups in total. The zero-order valence-corrected chi connectivity index (χ0v) is 6.42. The van der Waals surface area contributed by atoms with E-state index in [4.69, 9.17) is 9.84 Å². The van der Waals surface area contributed by atoms with Crippen molar-refractivity contribution in [2.24, 2.45) is 0 Å². The van der Waals surface area contributed by atoms with Crippen LogP contribution in [-0.2, 0) is 4.74 Å². The fourth-order valence-corrected chi connectivity index (χ4v) is 1.27. The van der Waals surface area contributed by atoms with Gasteiger partial charge in [-0.25, -0.2) is 0 Å². The molecular formula is C7H15NO2. The molecule has 0 spiro atoms. The van der Waals surface area contributed by atoms with E-state index in [0.717, 1.165) is 19.7 Å². The summed E-state index contributed by atoms with van der Waals surface area (Å²) in [5, 5.41) is 8.87. The third kappa shape index (κ3) is 1.68. The molecule has 1 saturated heterocycles. The molecule has 1 fully saturated rings. The van der Waals surface area contributed by atoms with Crippen molar-refractivity contribution in [1.82, 2.24) is 4.90 Å². The second kappa shape index (κ2) is 3.91. The first kappa shape index (κ1) is 7.98. The molecule has 0 aromatic heterocycles. The summed E-state index contributed by atoms with van der Waals surface area (Å²) in [6.07, 6.45) is 0. The van der Waals surface area contributed by atoms with E-state index in [2.05, 4.69) is 11.8 Å². The molecule has 1 rings (SSSR count). The fourth-order valence-electron chi connectivity index (χ4n) is 1.27. The number of morpholine rings is 1. The summed E-state index contributed by atoms with van der Waals surface area (Å²) >= 11 is 0. The minimum Gasteiger partial charge on any atom is -0.395 e. The largest absolute Gasteiger partial charge is 0.395 e. The first-order valence-corrected chi connectivity index (χ1v) is 3.81. The van der Waals surface area contributed by atoms with Crippen molar-refractivity contribution in [1.29, 1.82) is 0 Å². The van der Waals surface area contributed by atoms with Gasteiger partial charge in [-0.2, -0.15) is 0 Å². The Kier molecular flexibility index (Phi) is 3.12. The maximum Gasteiger partial charge on any atom is 0.0644 e. The van der Waals surface area contributed by atoms with Crippen LogP contribution in [0.1, 0.15) is 6.92 Å². The SMILES string of the molecule is CCN1CCOCC1CO. The Morgan fingerprint density at radius 2 is 2.50 bits per heavy atom. The smallest absolute Gasteiger partial charge is 0.0644 e. The summed E-state index contributed by atoms with van der Waals surface area (Å²) in [4.78, 5) is 2.24. The van der Waals surface area contributed by atoms with Crippen molar-refractivity contribution in [2.75, 3.05) is 32.9 Å². The third-order valence-corrected chi connectivity index (χ3v) is 1.97. The first-order valence-electron chi connectivity index (χ1n) is 3.81. The van der Waals surface area contributed by atoms with Gasteiger partial charge in [-0.05, 0) is 6.54 Å². The van der Waals surface area contributed by atoms with Gasteiger partial charge in [0.05, 0.1) is 25.9 Å². The molecule has 3 nitrogen and oxygen atoms in total. The predicted molar refractivity (Wildman–Crippen MR) is 38.9 cm³/mol. The lowest BCUT2D eigenvalue weighted by Crippen LogP contribution is -2.47. The number of aliphatic hydroxyl groups excluding tert-OH is 1. The van der Waals surface area contributed by atoms with Gasteiger partial charge in [0.2, 0.25) is 0 Å². The number of aliphatic hydroxyl groups is 1. The molecule has 1 unspecified atom stereocenters. The van der Waals surface area contributed by atoms with Crippen molar-refractivity contribution in [3.8, 4) is 0 Å². The molecule has 0 bridgehead atoms. The third-order valence-electron chi connectivity index (χ3n) is 1.97. The van der Waals surface area contributed by atoms with Crippen molar-refractivity contribution in [2.45, 2.75) is 13.0 Å². The van der Waals surface area contributed by atoms with Crippen LogP contribution in [-0.4, -0.2) is 49.0 Å². The number of hydrogen-bond donors (Lipinski definition) is 1. The molecule has 10 heavy (non-hydrogen) atoms. The van der Waals surface area contributed by atoms with Crippen LogP contribution in [0, 0.1) is 0 Å². The lowest BCUT2D eigenvalue weighted by Gasteiger charge is -2.33. The van der Waals surface area contributed by atoms with E-state index in [9.17, 15) is 0 Å². The standard InChI is InChI=1S/C7H15NO2/c1-2-8-3-4-10-6-7(8)5-9/h7,9H,2-6H2,1H3. The van der Waals surface area contributed by atoms with Crippen LogP contribution < -0.4 is 0 Å². The number of rotatable bonds is 2. The van der Waals surface area contributed by atoms with Crippen molar-refractivity contribution >= 4 is 0 Å². The lowest BCUT2D eigenvalue weighted by molar-refractivity contribution is -0.0248. The highest BCUT2D eigenvalue weighted by Gasteiger charge is 2.19. The Hall–Kier alpha value is -0.120. The molecule has 1 aliphatic rings. The Labute approximate surface area is 61.6 Å². The number of nitrogens with zero attached hydrogens (tertiary/aromatic N) is 1. The van der Waals surface area contributed by atoms with Crippen LogP contribution in [0.3, 0.4) is 0 Å². The van der Waals surface area contributed by atoms with Crippen LogP contribution in [0.5, 0.6) is 0 Å². The maximum atomic E-state index is 8.87. The zero-order valence-electron chi connectivity index (χ0n) is 6.42. The monoisotopic (exact) mass is 145 g/mol. The molecule has 1 heterocycles. The molecule has 60 valence electrons. The van der Waals surface area contributed by atoms with Gasteiger partial charge >= 0.3 is 0 Å². The Bertz CT molecular complexity index is 85.6. The summed E-state index contributed by atoms with van der Waals surface area (Å²) in [5.41, 5.74) is 0. The first-order chi connectivity index (χ1) is 4.88. The lowest BCUT2D eigenvalue weighted by atomic mass is 10.2. The Morgan fingerprint density at radius 1 is 1.70 bits per heavy atom. The quantitative estimate of drug-likeness (QED) is 0.579. The predicted octanol–water partition coefficient (Wildman–Crippen LogP) is -0.301. The van der Waals surface area contributed by atoms with Crippen LogP contribution >= 0.6 is 0 Å². The van der Waals surface area contributed by atoms with E-state index in [1.54, 1.807) is 0 Å². The van der Waals surface area contributed by atoms with E-state index in [-0.39, 0.29) is 12.6 Å². The normalized spacial score (nSPS) is 28.8. The zero-order chi connectivity index (χ0) is 7.40. The van der Waals surface area contributed by atoms with E-state index in [0.29, 0.717) is 6.61 Å². The molecule has 1 atom stereocenters. The minimum atomic E-state index is 0.216. The summed E-state index contributed by atoms with van der Waals surface area (Å²) < 4.78 is 5.20. The molecule has 0 aromatic rings. The minimum absolute atomic E-state index is 0.216. The van der Waals surface area contributed by atoms with Gasteiger partial charge in [-0.15, -0.1) is 0 Å². The summed E-state index contributed by atoms with van der Waals surface area (Å²) in [5.74, 6) is 0. The number of likely N-dealkylation sites (N-methyl/N-ethyl adjacent to an activating group) is 1. The van der Waals surface area contributed by atoms with Gasteiger partial charge < -0.3 is 9.84 Å². The molecule has 0 saturated carbocycles. The van der Waals surface area contributed by atoms with Gasteiger partial charge in [-0.1, -0.05) is 6.92 Å². The van der Waals surface area contributed by atoms with Crippen LogP contribution in [0.4, 0.5) is 0 Å². The van der Waals surface area contributed by atoms with Crippen molar-refractivity contribution in [3.63, 3.8) is 0 Å². The van der Waals surface area contributed by atoms with Crippen LogP contribution in [0.15, 0.2) is 0 Å². The average molecular weight is 145 g/mol. The number of hydrogen-bond acceptors (Lipinski definition) is 3. The van der Waals surface area contributed by atoms with Gasteiger partial charge in [0.15, 0.2) is 0 Å². The number of ether oxygens (including phenoxy) is 1. The molecule has 0 aliphatic carbocycles. The van der Waals surface area contributed by atoms with Gasteiger partial charge in [-0.3, -0.25) is 4.90 Å². The Balaban J connectivity index is 2.34. The molecule has 0 amide bonds.